The number of esters is 3. The number of hydrogen-bond donors (Lipinski definition) is 1. The third-order valence-corrected chi connectivity index (χ3v) is 2.83. The fourth-order valence-corrected chi connectivity index (χ4v) is 2.13. The third kappa shape index (κ3) is 4.83. The first kappa shape index (κ1) is 19.2. The van der Waals surface area contributed by atoms with E-state index in [2.05, 4.69) is 10.0 Å². The van der Waals surface area contributed by atoms with Gasteiger partial charge in [-0.05, 0) is 5.53 Å². The Bertz CT molecular complexity index is 558. The van der Waals surface area contributed by atoms with E-state index in [-0.39, 0.29) is 0 Å². The van der Waals surface area contributed by atoms with Crippen molar-refractivity contribution in [1.29, 1.82) is 0 Å². The van der Waals surface area contributed by atoms with Crippen molar-refractivity contribution < 1.29 is 43.2 Å². The lowest BCUT2D eigenvalue weighted by Crippen LogP contribution is -2.62. The molecule has 3 unspecified atom stereocenters. The summed E-state index contributed by atoms with van der Waals surface area (Å²) in [7, 11) is 0. The number of nitrogens with zero attached hydrogens (tertiary/aromatic N) is 3. The zero-order chi connectivity index (χ0) is 18.4. The molecule has 0 aromatic heterocycles. The van der Waals surface area contributed by atoms with Crippen LogP contribution in [0.2, 0.25) is 0 Å². The van der Waals surface area contributed by atoms with Gasteiger partial charge in [-0.1, -0.05) is 5.11 Å². The number of rotatable bonds is 5. The molecule has 0 bridgehead atoms. The van der Waals surface area contributed by atoms with Gasteiger partial charge < -0.3 is 24.1 Å². The zero-order valence-corrected chi connectivity index (χ0v) is 12.9. The first-order valence-corrected chi connectivity index (χ1v) is 6.61. The number of carboxylic acid groups (broad SMARTS) is 1. The van der Waals surface area contributed by atoms with Crippen LogP contribution in [0.3, 0.4) is 0 Å². The molecular weight excluding hydrogens is 330 g/mol. The second-order valence-corrected chi connectivity index (χ2v) is 4.71. The van der Waals surface area contributed by atoms with E-state index in [4.69, 9.17) is 24.5 Å². The minimum atomic E-state index is -1.81. The molecule has 5 atom stereocenters. The molecule has 0 radical (unpaired) electrons. The number of carboxylic acids is 1. The van der Waals surface area contributed by atoms with Crippen molar-refractivity contribution in [3.63, 3.8) is 0 Å². The van der Waals surface area contributed by atoms with Crippen LogP contribution in [0.5, 0.6) is 0 Å². The maximum atomic E-state index is 11.4. The molecule has 0 saturated carbocycles. The number of ether oxygens (including phenoxy) is 4. The number of carbonyl (C=O) groups is 4. The van der Waals surface area contributed by atoms with Crippen LogP contribution in [0.1, 0.15) is 20.8 Å². The fourth-order valence-electron chi connectivity index (χ4n) is 2.13. The Balaban J connectivity index is 3.35. The minimum absolute atomic E-state index is 0.839. The number of hydrogen-bond acceptors (Lipinski definition) is 9. The molecule has 1 aliphatic heterocycles. The van der Waals surface area contributed by atoms with Crippen molar-refractivity contribution in [1.82, 2.24) is 0 Å². The van der Waals surface area contributed by atoms with E-state index in [1.807, 2.05) is 0 Å². The summed E-state index contributed by atoms with van der Waals surface area (Å²) in [5.74, 6) is -4.14. The molecule has 24 heavy (non-hydrogen) atoms. The lowest BCUT2D eigenvalue weighted by molar-refractivity contribution is -0.246. The molecule has 132 valence electrons. The second-order valence-electron chi connectivity index (χ2n) is 4.71. The van der Waals surface area contributed by atoms with Crippen molar-refractivity contribution in [2.24, 2.45) is 5.11 Å². The summed E-state index contributed by atoms with van der Waals surface area (Å²) in [6, 6.07) is 0. The van der Waals surface area contributed by atoms with Crippen LogP contribution in [0.25, 0.3) is 10.4 Å². The van der Waals surface area contributed by atoms with Gasteiger partial charge in [-0.3, -0.25) is 14.4 Å². The van der Waals surface area contributed by atoms with Crippen molar-refractivity contribution in [2.45, 2.75) is 51.4 Å². The highest BCUT2D eigenvalue weighted by atomic mass is 16.7. The van der Waals surface area contributed by atoms with Crippen molar-refractivity contribution in [3.8, 4) is 0 Å². The molecule has 1 aliphatic rings. The maximum absolute atomic E-state index is 11.4. The van der Waals surface area contributed by atoms with Crippen LogP contribution in [0.15, 0.2) is 5.11 Å². The lowest BCUT2D eigenvalue weighted by atomic mass is 9.97. The Morgan fingerprint density at radius 1 is 0.958 bits per heavy atom. The zero-order valence-electron chi connectivity index (χ0n) is 12.9. The molecule has 1 rings (SSSR count). The monoisotopic (exact) mass is 345 g/mol. The van der Waals surface area contributed by atoms with Gasteiger partial charge in [-0.25, -0.2) is 4.79 Å². The van der Waals surface area contributed by atoms with Gasteiger partial charge in [-0.2, -0.15) is 0 Å². The quantitative estimate of drug-likeness (QED) is 0.234. The topological polar surface area (TPSA) is 174 Å². The molecule has 0 amide bonds. The summed E-state index contributed by atoms with van der Waals surface area (Å²) in [6.07, 6.45) is -8.06. The molecule has 1 N–H and O–H groups in total. The Morgan fingerprint density at radius 3 is 1.83 bits per heavy atom. The number of azide groups is 1. The van der Waals surface area contributed by atoms with E-state index in [9.17, 15) is 24.3 Å². The Labute approximate surface area is 135 Å². The molecule has 0 aromatic carbocycles. The molecule has 0 aromatic rings. The smallest absolute Gasteiger partial charge is 0.336 e. The van der Waals surface area contributed by atoms with Gasteiger partial charge in [-0.15, -0.1) is 0 Å². The largest absolute Gasteiger partial charge is 0.479 e. The van der Waals surface area contributed by atoms with Crippen LogP contribution in [0, 0.1) is 0 Å². The Morgan fingerprint density at radius 2 is 1.42 bits per heavy atom. The van der Waals surface area contributed by atoms with E-state index >= 15 is 0 Å². The molecular formula is C12H15N3O9. The first-order chi connectivity index (χ1) is 11.2. The van der Waals surface area contributed by atoms with Crippen LogP contribution in [-0.2, 0) is 38.1 Å². The van der Waals surface area contributed by atoms with Gasteiger partial charge in [0.25, 0.3) is 0 Å². The van der Waals surface area contributed by atoms with Gasteiger partial charge in [0, 0.05) is 25.7 Å². The predicted octanol–water partition coefficient (Wildman–Crippen LogP) is -0.0987. The average molecular weight is 345 g/mol. The normalized spacial score (nSPS) is 28.9. The van der Waals surface area contributed by atoms with Crippen molar-refractivity contribution in [3.05, 3.63) is 10.4 Å². The first-order valence-electron chi connectivity index (χ1n) is 6.61. The summed E-state index contributed by atoms with van der Waals surface area (Å²) in [5.41, 5.74) is 8.57. The lowest BCUT2D eigenvalue weighted by Gasteiger charge is -2.41. The van der Waals surface area contributed by atoms with Gasteiger partial charge in [0.2, 0.25) is 0 Å². The van der Waals surface area contributed by atoms with Crippen LogP contribution < -0.4 is 0 Å². The van der Waals surface area contributed by atoms with E-state index in [1.54, 1.807) is 0 Å². The third-order valence-electron chi connectivity index (χ3n) is 2.83. The maximum Gasteiger partial charge on any atom is 0.336 e. The highest BCUT2D eigenvalue weighted by molar-refractivity contribution is 5.75. The summed E-state index contributed by atoms with van der Waals surface area (Å²) in [6.45, 7) is 3.05. The van der Waals surface area contributed by atoms with E-state index < -0.39 is 54.5 Å². The summed E-state index contributed by atoms with van der Waals surface area (Å²) in [5, 5.41) is 12.4. The van der Waals surface area contributed by atoms with E-state index in [1.165, 1.54) is 0 Å². The van der Waals surface area contributed by atoms with Gasteiger partial charge >= 0.3 is 23.9 Å². The summed E-state index contributed by atoms with van der Waals surface area (Å²) < 4.78 is 19.8. The van der Waals surface area contributed by atoms with Crippen LogP contribution in [0.4, 0.5) is 0 Å². The molecule has 0 spiro atoms. The van der Waals surface area contributed by atoms with Crippen LogP contribution >= 0.6 is 0 Å². The molecule has 1 fully saturated rings. The number of aliphatic carboxylic acids is 1. The minimum Gasteiger partial charge on any atom is -0.479 e. The van der Waals surface area contributed by atoms with Gasteiger partial charge in [0.05, 0.1) is 0 Å². The molecule has 1 heterocycles. The Hall–Kier alpha value is -2.85. The summed E-state index contributed by atoms with van der Waals surface area (Å²) in [4.78, 5) is 47.7. The highest BCUT2D eigenvalue weighted by Crippen LogP contribution is 2.29. The predicted molar refractivity (Wildman–Crippen MR) is 72.1 cm³/mol. The molecule has 1 saturated heterocycles. The second kappa shape index (κ2) is 8.13. The average Bonchev–Trinajstić information content (AvgIpc) is 2.43. The SMILES string of the molecule is CC(=O)OC1C(OC(C)=O)[C@H](N=[N+]=[N-])OC(C(=O)O)[C@H]1OC(C)=O. The van der Waals surface area contributed by atoms with Crippen molar-refractivity contribution >= 4 is 23.9 Å². The molecule has 12 nitrogen and oxygen atoms in total. The van der Waals surface area contributed by atoms with Gasteiger partial charge in [0.15, 0.2) is 30.6 Å². The Kier molecular flexibility index (Phi) is 6.50. The summed E-state index contributed by atoms with van der Waals surface area (Å²) >= 11 is 0. The van der Waals surface area contributed by atoms with Crippen LogP contribution in [-0.4, -0.2) is 59.6 Å². The van der Waals surface area contributed by atoms with E-state index in [0.29, 0.717) is 0 Å². The fraction of sp³-hybridized carbons (Fsp3) is 0.667. The number of carbonyl (C=O) groups excluding carboxylic acids is 3. The van der Waals surface area contributed by atoms with Gasteiger partial charge in [0.1, 0.15) is 0 Å². The molecule has 0 aliphatic carbocycles. The molecule has 12 heteroatoms. The van der Waals surface area contributed by atoms with Crippen molar-refractivity contribution in [2.75, 3.05) is 0 Å². The van der Waals surface area contributed by atoms with E-state index in [0.717, 1.165) is 20.8 Å². The highest BCUT2D eigenvalue weighted by Gasteiger charge is 2.54. The standard InChI is InChI=1S/C12H15N3O9/c1-4(16)21-7-8(22-5(2)17)10(12(19)20)24-11(14-15-13)9(7)23-6(3)18/h7-11H,1-3H3,(H,19,20)/t7?,8-,9?,10?,11+/m0/s1.